The van der Waals surface area contributed by atoms with Crippen LogP contribution in [0.15, 0.2) is 36.4 Å². The van der Waals surface area contributed by atoms with Crippen LogP contribution in [-0.2, 0) is 22.4 Å². The number of fused-ring (bicyclic) bond motifs is 2. The van der Waals surface area contributed by atoms with Crippen molar-refractivity contribution in [1.82, 2.24) is 19.6 Å². The second kappa shape index (κ2) is 18.2. The molecule has 4 aliphatic rings. The van der Waals surface area contributed by atoms with Gasteiger partial charge in [0.1, 0.15) is 5.82 Å². The Hall–Kier alpha value is -3.85. The van der Waals surface area contributed by atoms with Crippen LogP contribution < -0.4 is 0 Å². The summed E-state index contributed by atoms with van der Waals surface area (Å²) in [4.78, 5) is 41.6. The number of carbonyl (C=O) groups excluding carboxylic acids is 1. The molecule has 10 nitrogen and oxygen atoms in total. The summed E-state index contributed by atoms with van der Waals surface area (Å²) in [5.41, 5.74) is 4.59. The lowest BCUT2D eigenvalue weighted by molar-refractivity contribution is -0.135. The maximum atomic E-state index is 13.8. The smallest absolute Gasteiger partial charge is 0.300 e. The largest absolute Gasteiger partial charge is 0.481 e. The standard InChI is InChI=1S/C34H44FN5O.2C2H4O2/c1-37(34(41)33-19-25(20-36)18-27-6-2-3-8-32(27)33)21-28(26-9-11-29(35)12-10-26)13-15-38-22-31(23-38)40-17-16-39-14-5-4-7-30(39)24-40;2*1-2(3)4/h9-12,18-19,28,30-31H,2-8,13-17,21-24H2,1H3;2*1H3,(H,3,4)/t28-,30?;;/m1../s1. The highest BCUT2D eigenvalue weighted by Crippen LogP contribution is 2.30. The quantitative estimate of drug-likeness (QED) is 0.403. The van der Waals surface area contributed by atoms with Crippen molar-refractivity contribution < 1.29 is 29.0 Å². The number of carboxylic acid groups (broad SMARTS) is 2. The number of nitrogens with zero attached hydrogens (tertiary/aromatic N) is 5. The number of carboxylic acids is 2. The van der Waals surface area contributed by atoms with Gasteiger partial charge in [0.2, 0.25) is 0 Å². The van der Waals surface area contributed by atoms with Crippen LogP contribution >= 0.6 is 0 Å². The number of aryl methyl sites for hydroxylation is 1. The molecular formula is C38H52FN5O5. The molecule has 0 bridgehead atoms. The highest BCUT2D eigenvalue weighted by atomic mass is 19.1. The molecule has 3 fully saturated rings. The molecule has 6 rings (SSSR count). The molecule has 3 aliphatic heterocycles. The van der Waals surface area contributed by atoms with Crippen LogP contribution in [0.25, 0.3) is 0 Å². The summed E-state index contributed by atoms with van der Waals surface area (Å²) in [7, 11) is 1.87. The first kappa shape index (κ1) is 38.0. The van der Waals surface area contributed by atoms with Crippen molar-refractivity contribution >= 4 is 17.8 Å². The van der Waals surface area contributed by atoms with E-state index < -0.39 is 11.9 Å². The number of likely N-dealkylation sites (N-methyl/N-ethyl adjacent to an activating group) is 1. The summed E-state index contributed by atoms with van der Waals surface area (Å²) in [5.74, 6) is -1.80. The molecule has 2 N–H and O–H groups in total. The first-order valence-corrected chi connectivity index (χ1v) is 17.6. The fraction of sp³-hybridized carbons (Fsp3) is 0.579. The maximum Gasteiger partial charge on any atom is 0.300 e. The van der Waals surface area contributed by atoms with Gasteiger partial charge in [-0.3, -0.25) is 24.2 Å². The summed E-state index contributed by atoms with van der Waals surface area (Å²) in [6.07, 6.45) is 9.01. The number of hydrogen-bond acceptors (Lipinski definition) is 7. The zero-order valence-electron chi connectivity index (χ0n) is 29.2. The van der Waals surface area contributed by atoms with E-state index in [4.69, 9.17) is 19.8 Å². The SMILES string of the molecule is CC(=O)O.CC(=O)O.CN(C[C@@H](CCN1CC(N2CCN3CCCCC3C2)C1)c1ccc(F)cc1)C(=O)c1cc(C#N)cc2c1CCCC2. The van der Waals surface area contributed by atoms with Crippen molar-refractivity contribution in [3.63, 3.8) is 0 Å². The van der Waals surface area contributed by atoms with Crippen molar-refractivity contribution in [3.05, 3.63) is 70.0 Å². The fourth-order valence-corrected chi connectivity index (χ4v) is 7.65. The summed E-state index contributed by atoms with van der Waals surface area (Å²) < 4.78 is 13.8. The Balaban J connectivity index is 0.000000612. The van der Waals surface area contributed by atoms with Crippen molar-refractivity contribution in [1.29, 1.82) is 5.26 Å². The van der Waals surface area contributed by atoms with Crippen molar-refractivity contribution in [2.45, 2.75) is 83.2 Å². The predicted molar refractivity (Wildman–Crippen MR) is 186 cm³/mol. The van der Waals surface area contributed by atoms with Crippen LogP contribution in [0.2, 0.25) is 0 Å². The summed E-state index contributed by atoms with van der Waals surface area (Å²) in [6.45, 7) is 10.9. The molecule has 3 saturated heterocycles. The normalized spacial score (nSPS) is 20.0. The zero-order chi connectivity index (χ0) is 35.5. The monoisotopic (exact) mass is 677 g/mol. The van der Waals surface area contributed by atoms with Gasteiger partial charge >= 0.3 is 0 Å². The van der Waals surface area contributed by atoms with E-state index in [0.29, 0.717) is 23.7 Å². The van der Waals surface area contributed by atoms with Gasteiger partial charge < -0.3 is 20.0 Å². The number of piperidine rings is 1. The van der Waals surface area contributed by atoms with Crippen LogP contribution in [0, 0.1) is 17.1 Å². The van der Waals surface area contributed by atoms with E-state index in [2.05, 4.69) is 20.8 Å². The molecule has 266 valence electrons. The van der Waals surface area contributed by atoms with Gasteiger partial charge in [0.05, 0.1) is 11.6 Å². The van der Waals surface area contributed by atoms with Crippen molar-refractivity contribution in [3.8, 4) is 6.07 Å². The molecule has 1 amide bonds. The minimum absolute atomic E-state index is 0.0155. The summed E-state index contributed by atoms with van der Waals surface area (Å²) in [6, 6.07) is 14.2. The van der Waals surface area contributed by atoms with Gasteiger partial charge in [0, 0.05) is 83.7 Å². The number of piperazine rings is 1. The number of aliphatic carboxylic acids is 2. The molecule has 1 aliphatic carbocycles. The second-order valence-electron chi connectivity index (χ2n) is 13.8. The number of hydrogen-bond donors (Lipinski definition) is 2. The van der Waals surface area contributed by atoms with Gasteiger partial charge in [-0.05, 0) is 99.0 Å². The number of likely N-dealkylation sites (tertiary alicyclic amines) is 1. The molecular weight excluding hydrogens is 625 g/mol. The average molecular weight is 678 g/mol. The van der Waals surface area contributed by atoms with Crippen LogP contribution in [0.1, 0.15) is 90.9 Å². The zero-order valence-corrected chi connectivity index (χ0v) is 29.2. The summed E-state index contributed by atoms with van der Waals surface area (Å²) in [5, 5.41) is 24.4. The molecule has 2 aromatic carbocycles. The number of amides is 1. The van der Waals surface area contributed by atoms with Gasteiger partial charge in [-0.1, -0.05) is 18.6 Å². The van der Waals surface area contributed by atoms with E-state index >= 15 is 0 Å². The molecule has 2 atom stereocenters. The lowest BCUT2D eigenvalue weighted by Crippen LogP contribution is -2.65. The second-order valence-corrected chi connectivity index (χ2v) is 13.8. The van der Waals surface area contributed by atoms with E-state index in [1.165, 1.54) is 57.6 Å². The topological polar surface area (TPSA) is 128 Å². The Morgan fingerprint density at radius 1 is 0.918 bits per heavy atom. The fourth-order valence-electron chi connectivity index (χ4n) is 7.65. The number of carbonyl (C=O) groups is 3. The molecule has 2 aromatic rings. The first-order chi connectivity index (χ1) is 23.4. The number of benzene rings is 2. The van der Waals surface area contributed by atoms with Crippen molar-refractivity contribution in [2.24, 2.45) is 0 Å². The minimum Gasteiger partial charge on any atom is -0.481 e. The Morgan fingerprint density at radius 2 is 1.57 bits per heavy atom. The van der Waals surface area contributed by atoms with E-state index in [9.17, 15) is 14.4 Å². The van der Waals surface area contributed by atoms with Gasteiger partial charge in [0.15, 0.2) is 0 Å². The van der Waals surface area contributed by atoms with Crippen LogP contribution in [-0.4, -0.2) is 119 Å². The van der Waals surface area contributed by atoms with E-state index in [1.54, 1.807) is 6.07 Å². The van der Waals surface area contributed by atoms with Gasteiger partial charge in [-0.25, -0.2) is 4.39 Å². The third-order valence-corrected chi connectivity index (χ3v) is 10.1. The van der Waals surface area contributed by atoms with E-state index in [0.717, 1.165) is 88.3 Å². The molecule has 1 unspecified atom stereocenters. The van der Waals surface area contributed by atoms with Gasteiger partial charge in [0.25, 0.3) is 17.8 Å². The summed E-state index contributed by atoms with van der Waals surface area (Å²) >= 11 is 0. The maximum absolute atomic E-state index is 13.8. The van der Waals surface area contributed by atoms with Gasteiger partial charge in [-0.15, -0.1) is 0 Å². The Morgan fingerprint density at radius 3 is 2.24 bits per heavy atom. The third-order valence-electron chi connectivity index (χ3n) is 10.1. The molecule has 0 spiro atoms. The Kier molecular flexibility index (Phi) is 14.1. The number of nitriles is 1. The van der Waals surface area contributed by atoms with E-state index in [1.807, 2.05) is 30.1 Å². The Labute approximate surface area is 290 Å². The average Bonchev–Trinajstić information content (AvgIpc) is 3.06. The third kappa shape index (κ3) is 11.1. The lowest BCUT2D eigenvalue weighted by atomic mass is 9.86. The molecule has 0 aromatic heterocycles. The van der Waals surface area contributed by atoms with Crippen molar-refractivity contribution in [2.75, 3.05) is 59.4 Å². The first-order valence-electron chi connectivity index (χ1n) is 17.6. The van der Waals surface area contributed by atoms with E-state index in [-0.39, 0.29) is 17.6 Å². The van der Waals surface area contributed by atoms with Crippen LogP contribution in [0.4, 0.5) is 4.39 Å². The molecule has 11 heteroatoms. The van der Waals surface area contributed by atoms with Crippen LogP contribution in [0.3, 0.4) is 0 Å². The molecule has 49 heavy (non-hydrogen) atoms. The molecule has 3 heterocycles. The molecule has 0 saturated carbocycles. The number of halogens is 1. The lowest BCUT2D eigenvalue weighted by Gasteiger charge is -2.51. The van der Waals surface area contributed by atoms with Gasteiger partial charge in [-0.2, -0.15) is 5.26 Å². The number of rotatable bonds is 8. The predicted octanol–water partition coefficient (Wildman–Crippen LogP) is 4.86. The van der Waals surface area contributed by atoms with Crippen LogP contribution in [0.5, 0.6) is 0 Å². The highest BCUT2D eigenvalue weighted by Gasteiger charge is 2.37. The Bertz CT molecular complexity index is 1450. The minimum atomic E-state index is -0.833. The molecule has 0 radical (unpaired) electrons. The highest BCUT2D eigenvalue weighted by molar-refractivity contribution is 5.96.